The van der Waals surface area contributed by atoms with Crippen LogP contribution in [0.2, 0.25) is 0 Å². The average Bonchev–Trinajstić information content (AvgIpc) is 3.45. The topological polar surface area (TPSA) is 84.2 Å². The summed E-state index contributed by atoms with van der Waals surface area (Å²) in [6, 6.07) is 18.1. The molecule has 0 unspecified atom stereocenters. The van der Waals surface area contributed by atoms with Crippen molar-refractivity contribution in [2.45, 2.75) is 20.0 Å². The predicted octanol–water partition coefficient (Wildman–Crippen LogP) is 3.05. The number of fused-ring (bicyclic) bond motifs is 1. The van der Waals surface area contributed by atoms with Crippen LogP contribution in [0, 0.1) is 6.92 Å². The van der Waals surface area contributed by atoms with Crippen molar-refractivity contribution in [3.63, 3.8) is 0 Å². The third-order valence-electron chi connectivity index (χ3n) is 5.45. The van der Waals surface area contributed by atoms with Gasteiger partial charge in [-0.2, -0.15) is 5.10 Å². The molecule has 0 saturated heterocycles. The van der Waals surface area contributed by atoms with Crippen LogP contribution in [0.25, 0.3) is 28.3 Å². The average molecular weight is 437 g/mol. The van der Waals surface area contributed by atoms with Crippen LogP contribution in [-0.2, 0) is 13.1 Å². The first-order valence-electron chi connectivity index (χ1n) is 10.7. The van der Waals surface area contributed by atoms with Crippen LogP contribution < -0.4 is 4.74 Å². The van der Waals surface area contributed by atoms with Gasteiger partial charge in [-0.25, -0.2) is 14.5 Å². The van der Waals surface area contributed by atoms with E-state index in [2.05, 4.69) is 40.0 Å². The number of nitrogens with one attached hydrogen (secondary N) is 1. The minimum absolute atomic E-state index is 0.654. The lowest BCUT2D eigenvalue weighted by Crippen LogP contribution is -2.19. The molecule has 0 amide bonds. The van der Waals surface area contributed by atoms with Gasteiger partial charge in [-0.1, -0.05) is 18.2 Å². The number of hydrogen-bond acceptors (Lipinski definition) is 6. The van der Waals surface area contributed by atoms with E-state index >= 15 is 0 Å². The Morgan fingerprint density at radius 2 is 1.94 bits per heavy atom. The molecule has 0 spiro atoms. The van der Waals surface area contributed by atoms with Crippen molar-refractivity contribution in [3.8, 4) is 28.4 Å². The number of rotatable bonds is 7. The van der Waals surface area contributed by atoms with Gasteiger partial charge in [0, 0.05) is 30.5 Å². The van der Waals surface area contributed by atoms with Gasteiger partial charge in [0.15, 0.2) is 13.6 Å². The van der Waals surface area contributed by atoms with Gasteiger partial charge in [-0.3, -0.25) is 4.98 Å². The maximum Gasteiger partial charge on any atom is 0.186 e. The Balaban J connectivity index is 1.48. The monoisotopic (exact) mass is 437 g/mol. The highest BCUT2D eigenvalue weighted by Crippen LogP contribution is 2.30. The second-order valence-electron chi connectivity index (χ2n) is 8.08. The number of aromatic amines is 1. The third kappa shape index (κ3) is 4.49. The van der Waals surface area contributed by atoms with Gasteiger partial charge in [-0.05, 0) is 48.9 Å². The lowest BCUT2D eigenvalue weighted by Gasteiger charge is -2.16. The Hall–Kier alpha value is -3.98. The molecule has 164 valence electrons. The van der Waals surface area contributed by atoms with Gasteiger partial charge in [0.1, 0.15) is 23.6 Å². The van der Waals surface area contributed by atoms with E-state index in [1.54, 1.807) is 18.0 Å². The fraction of sp³-hybridized carbons (Fsp3) is 0.167. The van der Waals surface area contributed by atoms with E-state index < -0.39 is 0 Å². The number of ether oxygens (including phenoxy) is 1. The molecule has 4 aromatic heterocycles. The van der Waals surface area contributed by atoms with Crippen molar-refractivity contribution in [1.82, 2.24) is 34.4 Å². The van der Waals surface area contributed by atoms with Gasteiger partial charge in [0.05, 0.1) is 18.5 Å². The van der Waals surface area contributed by atoms with Gasteiger partial charge in [-0.15, -0.1) is 0 Å². The summed E-state index contributed by atoms with van der Waals surface area (Å²) in [5.74, 6) is 1.73. The van der Waals surface area contributed by atoms with Crippen LogP contribution in [0.1, 0.15) is 17.1 Å². The van der Waals surface area contributed by atoms with Gasteiger partial charge in [0.2, 0.25) is 0 Å². The Kier molecular flexibility index (Phi) is 5.62. The zero-order chi connectivity index (χ0) is 22.8. The first kappa shape index (κ1) is 20.9. The first-order chi connectivity index (χ1) is 16.1. The summed E-state index contributed by atoms with van der Waals surface area (Å²) < 4.78 is 7.11. The molecule has 0 atom stereocenters. The zero-order valence-electron chi connectivity index (χ0n) is 18.9. The summed E-state index contributed by atoms with van der Waals surface area (Å²) in [6.07, 6.45) is 3.51. The highest BCUT2D eigenvalue weighted by atomic mass is 16.5. The second kappa shape index (κ2) is 8.87. The molecule has 0 bridgehead atoms. The highest BCUT2D eigenvalue weighted by molar-refractivity contribution is 6.04. The Bertz CT molecular complexity index is 1410. The molecule has 0 aliphatic heterocycles. The molecular weight excluding hydrogens is 413 g/mol. The molecule has 0 aliphatic carbocycles. The molecule has 33 heavy (non-hydrogen) atoms. The molecule has 0 saturated carbocycles. The van der Waals surface area contributed by atoms with E-state index in [1.165, 1.54) is 5.56 Å². The molecule has 9 heteroatoms. The Morgan fingerprint density at radius 3 is 2.79 bits per heavy atom. The summed E-state index contributed by atoms with van der Waals surface area (Å²) in [5, 5.41) is 4.27. The lowest BCUT2D eigenvalue weighted by molar-refractivity contribution is 0.409. The van der Waals surface area contributed by atoms with Crippen molar-refractivity contribution in [2.24, 2.45) is 0 Å². The van der Waals surface area contributed by atoms with Gasteiger partial charge >= 0.3 is 0 Å². The fourth-order valence-corrected chi connectivity index (χ4v) is 3.93. The van der Waals surface area contributed by atoms with Gasteiger partial charge in [0.25, 0.3) is 0 Å². The lowest BCUT2D eigenvalue weighted by atomic mass is 10.1. The maximum atomic E-state index is 5.35. The smallest absolute Gasteiger partial charge is 0.186 e. The Morgan fingerprint density at radius 1 is 1.06 bits per heavy atom. The van der Waals surface area contributed by atoms with Crippen molar-refractivity contribution < 1.29 is 4.74 Å². The number of benzene rings is 1. The minimum atomic E-state index is 0.654. The van der Waals surface area contributed by atoms with Crippen LogP contribution in [0.3, 0.4) is 0 Å². The quantitative estimate of drug-likeness (QED) is 0.394. The molecule has 0 fully saturated rings. The van der Waals surface area contributed by atoms with Crippen LogP contribution in [0.5, 0.6) is 5.75 Å². The maximum absolute atomic E-state index is 5.35. The van der Waals surface area contributed by atoms with Crippen LogP contribution in [0.4, 0.5) is 0 Å². The predicted molar refractivity (Wildman–Crippen MR) is 129 cm³/mol. The zero-order valence-corrected chi connectivity index (χ0v) is 18.9. The molecule has 0 radical (unpaired) electrons. The molecule has 5 rings (SSSR count). The normalized spacial score (nSPS) is 11.4. The largest absolute Gasteiger partial charge is 0.497 e. The van der Waals surface area contributed by atoms with E-state index in [-0.39, 0.29) is 0 Å². The second-order valence-corrected chi connectivity index (χ2v) is 8.08. The van der Waals surface area contributed by atoms with Crippen molar-refractivity contribution in [3.05, 3.63) is 84.2 Å². The van der Waals surface area contributed by atoms with Crippen molar-refractivity contribution >= 4 is 13.6 Å². The summed E-state index contributed by atoms with van der Waals surface area (Å²) in [7, 11) is 3.76. The Labute approximate surface area is 192 Å². The van der Waals surface area contributed by atoms with Crippen molar-refractivity contribution in [1.29, 1.82) is 0 Å². The molecule has 5 aromatic rings. The van der Waals surface area contributed by atoms with Crippen molar-refractivity contribution in [2.75, 3.05) is 7.11 Å². The van der Waals surface area contributed by atoms with Crippen LogP contribution in [0.15, 0.2) is 67.1 Å². The number of hydrogen-bond donors (Lipinski definition) is 1. The number of imidazole rings is 1. The fourth-order valence-electron chi connectivity index (χ4n) is 3.93. The van der Waals surface area contributed by atoms with E-state index in [4.69, 9.17) is 14.7 Å². The molecule has 0 aliphatic rings. The summed E-state index contributed by atoms with van der Waals surface area (Å²) in [6.45, 7) is 3.41. The molecule has 4 heterocycles. The SMILES string of the molecule is BN(Cc1cccc(OC)c1)Cc1nc(-c2cccc(C)n2)c(-c2ccc3ncnn3c2)[nH]1. The molecular formula is C24H24BN7O. The number of nitrogens with zero attached hydrogens (tertiary/aromatic N) is 6. The van der Waals surface area contributed by atoms with Gasteiger partial charge < -0.3 is 14.5 Å². The van der Waals surface area contributed by atoms with Crippen LogP contribution >= 0.6 is 0 Å². The summed E-state index contributed by atoms with van der Waals surface area (Å²) in [5.41, 5.74) is 6.47. The molecule has 8 nitrogen and oxygen atoms in total. The summed E-state index contributed by atoms with van der Waals surface area (Å²) in [4.78, 5) is 19.7. The van der Waals surface area contributed by atoms with E-state index in [0.717, 1.165) is 52.1 Å². The van der Waals surface area contributed by atoms with Crippen LogP contribution in [-0.4, -0.2) is 49.5 Å². The minimum Gasteiger partial charge on any atom is -0.497 e. The summed E-state index contributed by atoms with van der Waals surface area (Å²) >= 11 is 0. The van der Waals surface area contributed by atoms with E-state index in [0.29, 0.717) is 6.54 Å². The van der Waals surface area contributed by atoms with E-state index in [9.17, 15) is 0 Å². The number of methoxy groups -OCH3 is 1. The highest BCUT2D eigenvalue weighted by Gasteiger charge is 2.17. The number of aryl methyl sites for hydroxylation is 1. The number of pyridine rings is 2. The standard InChI is InChI=1S/C24H24BN7O/c1-16-5-3-8-20(28-16)24-23(18-9-10-22-26-15-27-32(22)13-18)29-21(30-24)14-31(25)12-17-6-4-7-19(11-17)33-2/h3-11,13,15H,12,14,25H2,1-2H3,(H,29,30). The van der Waals surface area contributed by atoms with E-state index in [1.807, 2.05) is 55.6 Å². The molecule has 1 N–H and O–H groups in total. The molecule has 1 aromatic carbocycles. The number of aromatic nitrogens is 6. The third-order valence-corrected chi connectivity index (χ3v) is 5.45. The first-order valence-corrected chi connectivity index (χ1v) is 10.7. The number of H-pyrrole nitrogens is 1.